The van der Waals surface area contributed by atoms with Crippen molar-refractivity contribution < 1.29 is 4.79 Å². The number of aryl methyl sites for hydroxylation is 1. The summed E-state index contributed by atoms with van der Waals surface area (Å²) >= 11 is 0. The molecule has 0 aliphatic heterocycles. The summed E-state index contributed by atoms with van der Waals surface area (Å²) < 4.78 is 0. The van der Waals surface area contributed by atoms with Crippen LogP contribution in [0.1, 0.15) is 26.3 Å². The number of rotatable bonds is 3. The summed E-state index contributed by atoms with van der Waals surface area (Å²) in [5.41, 5.74) is 2.02. The van der Waals surface area contributed by atoms with Crippen LogP contribution in [0.3, 0.4) is 0 Å². The molecule has 1 aromatic carbocycles. The van der Waals surface area contributed by atoms with Crippen LogP contribution < -0.4 is 4.90 Å². The summed E-state index contributed by atoms with van der Waals surface area (Å²) in [6.45, 7) is 11.4. The molecule has 0 unspecified atom stereocenters. The van der Waals surface area contributed by atoms with Crippen LogP contribution in [0.25, 0.3) is 0 Å². The lowest BCUT2D eigenvalue weighted by Crippen LogP contribution is -2.22. The van der Waals surface area contributed by atoms with E-state index in [0.717, 1.165) is 5.69 Å². The highest BCUT2D eigenvalue weighted by molar-refractivity contribution is 6.02. The number of hydrogen-bond acceptors (Lipinski definition) is 1. The number of benzene rings is 1. The zero-order chi connectivity index (χ0) is 13.3. The first kappa shape index (κ1) is 15.2. The van der Waals surface area contributed by atoms with E-state index in [1.807, 2.05) is 58.0 Å². The van der Waals surface area contributed by atoms with Crippen molar-refractivity contribution in [3.8, 4) is 0 Å². The molecule has 0 heterocycles. The van der Waals surface area contributed by atoms with E-state index in [9.17, 15) is 4.79 Å². The molecule has 2 heteroatoms. The maximum absolute atomic E-state index is 11.5. The molecule has 17 heavy (non-hydrogen) atoms. The van der Waals surface area contributed by atoms with Gasteiger partial charge in [-0.15, -0.1) is 0 Å². The average Bonchev–Trinajstić information content (AvgIpc) is 2.39. The first-order chi connectivity index (χ1) is 8.19. The van der Waals surface area contributed by atoms with Crippen LogP contribution in [-0.4, -0.2) is 5.91 Å². The van der Waals surface area contributed by atoms with Gasteiger partial charge in [0, 0.05) is 11.9 Å². The van der Waals surface area contributed by atoms with Crippen molar-refractivity contribution in [2.24, 2.45) is 0 Å². The first-order valence-corrected chi connectivity index (χ1v) is 5.84. The predicted octanol–water partition coefficient (Wildman–Crippen LogP) is 4.07. The molecule has 1 rings (SSSR count). The Bertz CT molecular complexity index is 376. The summed E-state index contributed by atoms with van der Waals surface area (Å²) in [5.74, 6) is -0.128. The molecule has 0 aromatic heterocycles. The van der Waals surface area contributed by atoms with Crippen molar-refractivity contribution in [3.05, 3.63) is 54.8 Å². The Labute approximate surface area is 104 Å². The molecule has 1 aromatic rings. The molecular weight excluding hydrogens is 210 g/mol. The molecule has 2 nitrogen and oxygen atoms in total. The molecule has 0 aliphatic rings. The van der Waals surface area contributed by atoms with Gasteiger partial charge in [0.25, 0.3) is 5.91 Å². The third-order valence-electron chi connectivity index (χ3n) is 2.02. The Hall–Kier alpha value is -1.83. The minimum atomic E-state index is -0.128. The van der Waals surface area contributed by atoms with E-state index in [1.54, 1.807) is 11.1 Å². The molecule has 0 radical (unpaired) electrons. The fraction of sp³-hybridized carbons (Fsp3) is 0.267. The van der Waals surface area contributed by atoms with Crippen LogP contribution in [0.15, 0.2) is 49.2 Å². The monoisotopic (exact) mass is 231 g/mol. The fourth-order valence-electron chi connectivity index (χ4n) is 1.24. The maximum Gasteiger partial charge on any atom is 0.254 e. The van der Waals surface area contributed by atoms with Crippen LogP contribution >= 0.6 is 0 Å². The number of hydrogen-bond donors (Lipinski definition) is 0. The second-order valence-corrected chi connectivity index (χ2v) is 3.23. The lowest BCUT2D eigenvalue weighted by Gasteiger charge is -2.16. The third-order valence-corrected chi connectivity index (χ3v) is 2.02. The molecule has 0 saturated carbocycles. The Kier molecular flexibility index (Phi) is 7.44. The second-order valence-electron chi connectivity index (χ2n) is 3.23. The van der Waals surface area contributed by atoms with Crippen LogP contribution in [0.4, 0.5) is 5.69 Å². The quantitative estimate of drug-likeness (QED) is 0.718. The molecule has 0 N–H and O–H groups in total. The summed E-state index contributed by atoms with van der Waals surface area (Å²) in [7, 11) is 0. The number of amides is 1. The van der Waals surface area contributed by atoms with Gasteiger partial charge < -0.3 is 0 Å². The minimum absolute atomic E-state index is 0.128. The van der Waals surface area contributed by atoms with Gasteiger partial charge in [0.15, 0.2) is 0 Å². The van der Waals surface area contributed by atoms with Gasteiger partial charge in [-0.1, -0.05) is 44.2 Å². The van der Waals surface area contributed by atoms with Crippen LogP contribution in [0.2, 0.25) is 0 Å². The molecule has 1 amide bonds. The molecule has 0 atom stereocenters. The number of carbonyl (C=O) groups is 1. The average molecular weight is 231 g/mol. The topological polar surface area (TPSA) is 20.3 Å². The number of anilines is 1. The van der Waals surface area contributed by atoms with E-state index in [4.69, 9.17) is 0 Å². The zero-order valence-electron chi connectivity index (χ0n) is 11.1. The molecule has 0 saturated heterocycles. The zero-order valence-corrected chi connectivity index (χ0v) is 11.1. The highest BCUT2D eigenvalue weighted by Crippen LogP contribution is 2.15. The van der Waals surface area contributed by atoms with Gasteiger partial charge in [0.1, 0.15) is 0 Å². The molecule has 92 valence electrons. The van der Waals surface area contributed by atoms with E-state index in [0.29, 0.717) is 0 Å². The summed E-state index contributed by atoms with van der Waals surface area (Å²) in [6, 6.07) is 7.78. The van der Waals surface area contributed by atoms with Gasteiger partial charge >= 0.3 is 0 Å². The molecule has 0 aliphatic carbocycles. The largest absolute Gasteiger partial charge is 0.285 e. The predicted molar refractivity (Wildman–Crippen MR) is 75.0 cm³/mol. The van der Waals surface area contributed by atoms with Gasteiger partial charge in [-0.3, -0.25) is 9.69 Å². The van der Waals surface area contributed by atoms with Gasteiger partial charge in [-0.2, -0.15) is 0 Å². The van der Waals surface area contributed by atoms with Gasteiger partial charge in [0.05, 0.1) is 0 Å². The van der Waals surface area contributed by atoms with E-state index in [1.165, 1.54) is 11.6 Å². The summed E-state index contributed by atoms with van der Waals surface area (Å²) in [4.78, 5) is 13.1. The fourth-order valence-corrected chi connectivity index (χ4v) is 1.24. The molecule has 0 spiro atoms. The molecule has 0 fully saturated rings. The number of nitrogens with zero attached hydrogens (tertiary/aromatic N) is 1. The maximum atomic E-state index is 11.5. The second kappa shape index (κ2) is 8.34. The van der Waals surface area contributed by atoms with Gasteiger partial charge in [-0.05, 0) is 32.1 Å². The SMILES string of the molecule is C=CC(=O)N(/C=C\C)c1ccc(C)cc1.CC. The Morgan fingerprint density at radius 2 is 1.76 bits per heavy atom. The van der Waals surface area contributed by atoms with Crippen molar-refractivity contribution in [2.75, 3.05) is 4.90 Å². The lowest BCUT2D eigenvalue weighted by molar-refractivity contribution is -0.113. The van der Waals surface area contributed by atoms with E-state index in [-0.39, 0.29) is 5.91 Å². The first-order valence-electron chi connectivity index (χ1n) is 5.84. The number of carbonyl (C=O) groups excluding carboxylic acids is 1. The van der Waals surface area contributed by atoms with Crippen LogP contribution in [0.5, 0.6) is 0 Å². The minimum Gasteiger partial charge on any atom is -0.285 e. The van der Waals surface area contributed by atoms with E-state index >= 15 is 0 Å². The summed E-state index contributed by atoms with van der Waals surface area (Å²) in [5, 5.41) is 0. The molecular formula is C15H21NO. The van der Waals surface area contributed by atoms with Crippen molar-refractivity contribution >= 4 is 11.6 Å². The lowest BCUT2D eigenvalue weighted by atomic mass is 10.2. The van der Waals surface area contributed by atoms with E-state index in [2.05, 4.69) is 6.58 Å². The Balaban J connectivity index is 0.00000121. The van der Waals surface area contributed by atoms with Crippen LogP contribution in [0, 0.1) is 6.92 Å². The molecule has 0 bridgehead atoms. The van der Waals surface area contributed by atoms with Gasteiger partial charge in [-0.25, -0.2) is 0 Å². The van der Waals surface area contributed by atoms with Crippen molar-refractivity contribution in [3.63, 3.8) is 0 Å². The standard InChI is InChI=1S/C13H15NO.C2H6/c1-4-10-14(13(15)5-2)12-8-6-11(3)7-9-12;1-2/h4-10H,2H2,1,3H3;1-2H3/b10-4-;. The van der Waals surface area contributed by atoms with Gasteiger partial charge in [0.2, 0.25) is 0 Å². The van der Waals surface area contributed by atoms with Crippen molar-refractivity contribution in [1.82, 2.24) is 0 Å². The normalized spacial score (nSPS) is 9.41. The van der Waals surface area contributed by atoms with Crippen molar-refractivity contribution in [1.29, 1.82) is 0 Å². The van der Waals surface area contributed by atoms with Crippen LogP contribution in [-0.2, 0) is 4.79 Å². The van der Waals surface area contributed by atoms with Crippen molar-refractivity contribution in [2.45, 2.75) is 27.7 Å². The third kappa shape index (κ3) is 4.68. The Morgan fingerprint density at radius 1 is 1.24 bits per heavy atom. The smallest absolute Gasteiger partial charge is 0.254 e. The number of allylic oxidation sites excluding steroid dienone is 1. The summed E-state index contributed by atoms with van der Waals surface area (Å²) in [6.07, 6.45) is 4.86. The Morgan fingerprint density at radius 3 is 2.18 bits per heavy atom. The highest BCUT2D eigenvalue weighted by atomic mass is 16.2. The van der Waals surface area contributed by atoms with E-state index < -0.39 is 0 Å². The highest BCUT2D eigenvalue weighted by Gasteiger charge is 2.08.